The Labute approximate surface area is 156 Å². The summed E-state index contributed by atoms with van der Waals surface area (Å²) in [5.41, 5.74) is 0. The van der Waals surface area contributed by atoms with E-state index in [-0.39, 0.29) is 0 Å². The third kappa shape index (κ3) is 7.71. The Balaban J connectivity index is 1.75. The zero-order valence-corrected chi connectivity index (χ0v) is 16.9. The topological polar surface area (TPSA) is 61.8 Å². The highest BCUT2D eigenvalue weighted by Crippen LogP contribution is 2.13. The van der Waals surface area contributed by atoms with Crippen LogP contribution in [0.25, 0.3) is 0 Å². The molecular formula is C18H33N5OS. The molecule has 0 amide bonds. The number of nitrogens with one attached hydrogen (secondary N) is 2. The van der Waals surface area contributed by atoms with Gasteiger partial charge >= 0.3 is 0 Å². The van der Waals surface area contributed by atoms with Crippen molar-refractivity contribution >= 4 is 17.3 Å². The molecule has 1 saturated heterocycles. The van der Waals surface area contributed by atoms with Crippen LogP contribution in [0.15, 0.2) is 11.2 Å². The number of likely N-dealkylation sites (tertiary alicyclic amines) is 1. The molecular weight excluding hydrogens is 334 g/mol. The van der Waals surface area contributed by atoms with Crippen LogP contribution in [0.3, 0.4) is 0 Å². The molecule has 2 heterocycles. The number of hydrogen-bond donors (Lipinski definition) is 2. The minimum Gasteiger partial charge on any atom is -0.377 e. The number of piperidine rings is 1. The zero-order chi connectivity index (χ0) is 18.1. The molecule has 0 radical (unpaired) electrons. The van der Waals surface area contributed by atoms with E-state index in [9.17, 15) is 0 Å². The quantitative estimate of drug-likeness (QED) is 0.546. The Morgan fingerprint density at radius 3 is 2.80 bits per heavy atom. The first-order chi connectivity index (χ1) is 12.1. The molecule has 0 unspecified atom stereocenters. The van der Waals surface area contributed by atoms with Crippen molar-refractivity contribution in [3.8, 4) is 0 Å². The lowest BCUT2D eigenvalue weighted by Crippen LogP contribution is -2.49. The molecule has 6 nitrogen and oxygen atoms in total. The van der Waals surface area contributed by atoms with Crippen molar-refractivity contribution in [1.29, 1.82) is 0 Å². The summed E-state index contributed by atoms with van der Waals surface area (Å²) < 4.78 is 5.65. The number of hydrogen-bond acceptors (Lipinski definition) is 5. The van der Waals surface area contributed by atoms with Crippen LogP contribution < -0.4 is 10.6 Å². The average Bonchev–Trinajstić information content (AvgIpc) is 2.99. The van der Waals surface area contributed by atoms with Crippen LogP contribution in [0.5, 0.6) is 0 Å². The average molecular weight is 368 g/mol. The van der Waals surface area contributed by atoms with Gasteiger partial charge < -0.3 is 20.3 Å². The van der Waals surface area contributed by atoms with E-state index in [4.69, 9.17) is 4.74 Å². The normalized spacial score (nSPS) is 17.2. The molecule has 1 fully saturated rings. The molecule has 1 aromatic heterocycles. The third-order valence-electron chi connectivity index (χ3n) is 4.17. The number of guanidine groups is 1. The van der Waals surface area contributed by atoms with Gasteiger partial charge in [-0.3, -0.25) is 0 Å². The van der Waals surface area contributed by atoms with Gasteiger partial charge in [0, 0.05) is 43.3 Å². The van der Waals surface area contributed by atoms with Crippen LogP contribution in [-0.2, 0) is 11.3 Å². The maximum absolute atomic E-state index is 5.65. The number of ether oxygens (including phenoxy) is 1. The first kappa shape index (κ1) is 20.1. The van der Waals surface area contributed by atoms with E-state index < -0.39 is 0 Å². The van der Waals surface area contributed by atoms with E-state index in [1.165, 1.54) is 4.88 Å². The Morgan fingerprint density at radius 1 is 1.44 bits per heavy atom. The van der Waals surface area contributed by atoms with Crippen molar-refractivity contribution in [3.05, 3.63) is 16.1 Å². The summed E-state index contributed by atoms with van der Waals surface area (Å²) in [5, 5.41) is 8.00. The first-order valence-electron chi connectivity index (χ1n) is 9.37. The second kappa shape index (κ2) is 10.7. The predicted octanol–water partition coefficient (Wildman–Crippen LogP) is 2.40. The Hall–Kier alpha value is -1.18. The lowest BCUT2D eigenvalue weighted by Gasteiger charge is -2.33. The standard InChI is InChI=1S/C18H33N5OS/c1-5-19-18(21-13-17-20-12-15(4)25-17)22-16-6-8-23(9-7-16)10-11-24-14(2)3/h12,14,16H,5-11,13H2,1-4H3,(H2,19,21,22). The molecule has 0 saturated carbocycles. The molecule has 2 rings (SSSR count). The molecule has 0 aliphatic carbocycles. The molecule has 7 heteroatoms. The van der Waals surface area contributed by atoms with Crippen molar-refractivity contribution in [2.24, 2.45) is 4.99 Å². The van der Waals surface area contributed by atoms with E-state index >= 15 is 0 Å². The van der Waals surface area contributed by atoms with Crippen LogP contribution in [-0.4, -0.2) is 60.8 Å². The van der Waals surface area contributed by atoms with Crippen molar-refractivity contribution < 1.29 is 4.74 Å². The van der Waals surface area contributed by atoms with Gasteiger partial charge in [0.05, 0.1) is 19.3 Å². The number of aromatic nitrogens is 1. The molecule has 0 bridgehead atoms. The number of thiazole rings is 1. The Morgan fingerprint density at radius 2 is 2.20 bits per heavy atom. The fraction of sp³-hybridized carbons (Fsp3) is 0.778. The highest BCUT2D eigenvalue weighted by Gasteiger charge is 2.19. The second-order valence-corrected chi connectivity index (χ2v) is 8.06. The van der Waals surface area contributed by atoms with Gasteiger partial charge in [-0.15, -0.1) is 11.3 Å². The summed E-state index contributed by atoms with van der Waals surface area (Å²) >= 11 is 1.71. The Kier molecular flexibility index (Phi) is 8.64. The number of aliphatic imine (C=N–C) groups is 1. The summed E-state index contributed by atoms with van der Waals surface area (Å²) in [6, 6.07) is 0.484. The van der Waals surface area contributed by atoms with Gasteiger partial charge in [0.1, 0.15) is 5.01 Å². The van der Waals surface area contributed by atoms with Crippen molar-refractivity contribution in [2.45, 2.75) is 59.2 Å². The largest absolute Gasteiger partial charge is 0.377 e. The van der Waals surface area contributed by atoms with E-state index in [1.807, 2.05) is 6.20 Å². The summed E-state index contributed by atoms with van der Waals surface area (Å²) in [5.74, 6) is 0.900. The first-order valence-corrected chi connectivity index (χ1v) is 10.2. The molecule has 1 aliphatic heterocycles. The van der Waals surface area contributed by atoms with Gasteiger partial charge in [0.25, 0.3) is 0 Å². The maximum Gasteiger partial charge on any atom is 0.191 e. The van der Waals surface area contributed by atoms with Crippen molar-refractivity contribution in [3.63, 3.8) is 0 Å². The molecule has 2 N–H and O–H groups in total. The maximum atomic E-state index is 5.65. The minimum absolute atomic E-state index is 0.319. The van der Waals surface area contributed by atoms with Gasteiger partial charge in [0.2, 0.25) is 0 Å². The zero-order valence-electron chi connectivity index (χ0n) is 16.0. The molecule has 0 atom stereocenters. The van der Waals surface area contributed by atoms with E-state index in [1.54, 1.807) is 11.3 Å². The molecule has 0 spiro atoms. The monoisotopic (exact) mass is 367 g/mol. The second-order valence-electron chi connectivity index (χ2n) is 6.74. The van der Waals surface area contributed by atoms with Gasteiger partial charge in [-0.05, 0) is 40.5 Å². The van der Waals surface area contributed by atoms with Crippen LogP contribution in [0, 0.1) is 6.92 Å². The van der Waals surface area contributed by atoms with Gasteiger partial charge in [-0.25, -0.2) is 9.98 Å². The fourth-order valence-corrected chi connectivity index (χ4v) is 3.56. The fourth-order valence-electron chi connectivity index (χ4n) is 2.85. The predicted molar refractivity (Wildman–Crippen MR) is 105 cm³/mol. The lowest BCUT2D eigenvalue weighted by molar-refractivity contribution is 0.0532. The van der Waals surface area contributed by atoms with Crippen LogP contribution in [0.4, 0.5) is 0 Å². The third-order valence-corrected chi connectivity index (χ3v) is 5.07. The van der Waals surface area contributed by atoms with E-state index in [0.717, 1.165) is 56.6 Å². The summed E-state index contributed by atoms with van der Waals surface area (Å²) in [6.45, 7) is 13.9. The lowest BCUT2D eigenvalue weighted by atomic mass is 10.1. The number of aryl methyl sites for hydroxylation is 1. The van der Waals surface area contributed by atoms with E-state index in [0.29, 0.717) is 18.7 Å². The smallest absolute Gasteiger partial charge is 0.191 e. The highest BCUT2D eigenvalue weighted by molar-refractivity contribution is 7.11. The van der Waals surface area contributed by atoms with Crippen molar-refractivity contribution in [2.75, 3.05) is 32.8 Å². The summed E-state index contributed by atoms with van der Waals surface area (Å²) in [4.78, 5) is 12.8. The number of nitrogens with zero attached hydrogens (tertiary/aromatic N) is 3. The van der Waals surface area contributed by atoms with Gasteiger partial charge in [0.15, 0.2) is 5.96 Å². The molecule has 0 aromatic carbocycles. The van der Waals surface area contributed by atoms with E-state index in [2.05, 4.69) is 53.2 Å². The minimum atomic E-state index is 0.319. The SMILES string of the molecule is CCNC(=NCc1ncc(C)s1)NC1CCN(CCOC(C)C)CC1. The summed E-state index contributed by atoms with van der Waals surface area (Å²) in [6.07, 6.45) is 4.51. The van der Waals surface area contributed by atoms with Crippen LogP contribution in [0.1, 0.15) is 43.5 Å². The van der Waals surface area contributed by atoms with Crippen LogP contribution in [0.2, 0.25) is 0 Å². The molecule has 142 valence electrons. The van der Waals surface area contributed by atoms with Crippen molar-refractivity contribution in [1.82, 2.24) is 20.5 Å². The number of rotatable bonds is 8. The summed E-state index contributed by atoms with van der Waals surface area (Å²) in [7, 11) is 0. The van der Waals surface area contributed by atoms with Gasteiger partial charge in [-0.2, -0.15) is 0 Å². The molecule has 1 aliphatic rings. The Bertz CT molecular complexity index is 523. The van der Waals surface area contributed by atoms with Crippen LogP contribution >= 0.6 is 11.3 Å². The molecule has 25 heavy (non-hydrogen) atoms. The van der Waals surface area contributed by atoms with Gasteiger partial charge in [-0.1, -0.05) is 0 Å². The molecule has 1 aromatic rings. The highest BCUT2D eigenvalue weighted by atomic mass is 32.1.